The molecule has 0 unspecified atom stereocenters. The predicted molar refractivity (Wildman–Crippen MR) is 29.1 cm³/mol. The van der Waals surface area contributed by atoms with Crippen LogP contribution in [0.25, 0.3) is 0 Å². The molecule has 0 atom stereocenters. The first-order chi connectivity index (χ1) is 4.06. The normalized spacial score (nSPS) is 9.00. The summed E-state index contributed by atoms with van der Waals surface area (Å²) < 4.78 is 32.7. The van der Waals surface area contributed by atoms with Crippen molar-refractivity contribution in [3.8, 4) is 11.8 Å². The van der Waals surface area contributed by atoms with Crippen LogP contribution in [0.5, 0.6) is 0 Å². The second-order valence-corrected chi connectivity index (χ2v) is 2.15. The van der Waals surface area contributed by atoms with E-state index < -0.39 is 10.4 Å². The second kappa shape index (κ2) is 5.79. The molecule has 10 heavy (non-hydrogen) atoms. The molecule has 0 radical (unpaired) electrons. The smallest absolute Gasteiger partial charge is 0.725 e. The second-order valence-electron chi connectivity index (χ2n) is 1.10. The fourth-order valence-electron chi connectivity index (χ4n) is 0.174. The average Bonchev–Trinajstić information content (AvgIpc) is 1.63. The third kappa shape index (κ3) is 10.9. The first-order valence-electron chi connectivity index (χ1n) is 2.06. The fourth-order valence-corrected chi connectivity index (χ4v) is 0.377. The molecular weight excluding hydrogens is 151 g/mol. The molecule has 0 fully saturated rings. The van der Waals surface area contributed by atoms with Crippen molar-refractivity contribution in [2.24, 2.45) is 0 Å². The van der Waals surface area contributed by atoms with Crippen LogP contribution < -0.4 is 18.9 Å². The van der Waals surface area contributed by atoms with E-state index in [0.29, 0.717) is 0 Å². The Morgan fingerprint density at radius 3 is 2.40 bits per heavy atom. The van der Waals surface area contributed by atoms with Gasteiger partial charge in [-0.2, -0.15) is 0 Å². The molecule has 52 valence electrons. The Bertz CT molecular complexity index is 221. The molecule has 0 aliphatic rings. The van der Waals surface area contributed by atoms with Crippen LogP contribution in [0.15, 0.2) is 0 Å². The van der Waals surface area contributed by atoms with Crippen LogP contribution in [0.4, 0.5) is 0 Å². The quantitative estimate of drug-likeness (QED) is 0.180. The summed E-state index contributed by atoms with van der Waals surface area (Å²) in [5.74, 6) is 4.62. The predicted octanol–water partition coefficient (Wildman–Crippen LogP) is -3.51. The van der Waals surface area contributed by atoms with Gasteiger partial charge in [0.25, 0.3) is 0 Å². The summed E-state index contributed by atoms with van der Waals surface area (Å²) in [5.41, 5.74) is 0. The molecule has 0 saturated carbocycles. The first kappa shape index (κ1) is 12.7. The van der Waals surface area contributed by atoms with E-state index in [9.17, 15) is 13.0 Å². The van der Waals surface area contributed by atoms with Crippen molar-refractivity contribution in [2.75, 3.05) is 6.61 Å². The van der Waals surface area contributed by atoms with Crippen molar-refractivity contribution in [3.63, 3.8) is 0 Å². The van der Waals surface area contributed by atoms with Crippen LogP contribution in [-0.4, -0.2) is 19.6 Å². The third-order valence-corrected chi connectivity index (χ3v) is 0.859. The zero-order valence-electron chi connectivity index (χ0n) is 5.75. The first-order valence-corrected chi connectivity index (χ1v) is 3.39. The Morgan fingerprint density at radius 2 is 2.10 bits per heavy atom. The summed E-state index contributed by atoms with van der Waals surface area (Å²) in [6.45, 7) is 1.16. The SMILES string of the molecule is CC#CCOS(=O)(=O)[O-].[Li+]. The molecule has 0 aliphatic carbocycles. The maximum absolute atomic E-state index is 9.66. The molecule has 4 nitrogen and oxygen atoms in total. The Kier molecular flexibility index (Phi) is 7.34. The van der Waals surface area contributed by atoms with Gasteiger partial charge >= 0.3 is 18.9 Å². The van der Waals surface area contributed by atoms with Gasteiger partial charge in [-0.3, -0.25) is 4.18 Å². The van der Waals surface area contributed by atoms with Crippen LogP contribution in [-0.2, 0) is 14.6 Å². The van der Waals surface area contributed by atoms with Gasteiger partial charge in [-0.05, 0) is 6.92 Å². The van der Waals surface area contributed by atoms with Gasteiger partial charge in [-0.15, -0.1) is 5.92 Å². The largest absolute Gasteiger partial charge is 1.00 e. The Labute approximate surface area is 72.1 Å². The van der Waals surface area contributed by atoms with E-state index in [1.54, 1.807) is 0 Å². The van der Waals surface area contributed by atoms with E-state index in [0.717, 1.165) is 0 Å². The fraction of sp³-hybridized carbons (Fsp3) is 0.500. The van der Waals surface area contributed by atoms with E-state index in [-0.39, 0.29) is 25.5 Å². The molecule has 0 aromatic carbocycles. The third-order valence-electron chi connectivity index (χ3n) is 0.452. The van der Waals surface area contributed by atoms with E-state index >= 15 is 0 Å². The van der Waals surface area contributed by atoms with E-state index in [2.05, 4.69) is 16.0 Å². The molecule has 0 bridgehead atoms. The summed E-state index contributed by atoms with van der Waals surface area (Å²) in [6, 6.07) is 0. The van der Waals surface area contributed by atoms with Crippen LogP contribution in [0.1, 0.15) is 6.92 Å². The van der Waals surface area contributed by atoms with Crippen molar-refractivity contribution in [1.82, 2.24) is 0 Å². The Balaban J connectivity index is 0. The minimum absolute atomic E-state index is 0. The average molecular weight is 156 g/mol. The topological polar surface area (TPSA) is 66.4 Å². The summed E-state index contributed by atoms with van der Waals surface area (Å²) in [4.78, 5) is 0. The molecule has 0 aromatic rings. The van der Waals surface area contributed by atoms with Crippen molar-refractivity contribution >= 4 is 10.4 Å². The van der Waals surface area contributed by atoms with Crippen LogP contribution in [0.2, 0.25) is 0 Å². The van der Waals surface area contributed by atoms with Crippen LogP contribution >= 0.6 is 0 Å². The van der Waals surface area contributed by atoms with Gasteiger partial charge in [0, 0.05) is 0 Å². The van der Waals surface area contributed by atoms with E-state index in [1.165, 1.54) is 6.92 Å². The van der Waals surface area contributed by atoms with E-state index in [4.69, 9.17) is 0 Å². The van der Waals surface area contributed by atoms with Crippen molar-refractivity contribution in [3.05, 3.63) is 0 Å². The summed E-state index contributed by atoms with van der Waals surface area (Å²) >= 11 is 0. The molecule has 0 heterocycles. The summed E-state index contributed by atoms with van der Waals surface area (Å²) in [7, 11) is -4.55. The Morgan fingerprint density at radius 1 is 1.60 bits per heavy atom. The molecule has 0 N–H and O–H groups in total. The zero-order valence-corrected chi connectivity index (χ0v) is 6.56. The maximum Gasteiger partial charge on any atom is 1.00 e. The van der Waals surface area contributed by atoms with Gasteiger partial charge in [-0.25, -0.2) is 8.42 Å². The molecule has 0 aliphatic heterocycles. The molecule has 0 saturated heterocycles. The molecule has 0 amide bonds. The van der Waals surface area contributed by atoms with Gasteiger partial charge < -0.3 is 4.55 Å². The number of hydrogen-bond acceptors (Lipinski definition) is 4. The monoisotopic (exact) mass is 156 g/mol. The summed E-state index contributed by atoms with van der Waals surface area (Å²) in [5, 5.41) is 0. The minimum Gasteiger partial charge on any atom is -0.725 e. The van der Waals surface area contributed by atoms with Gasteiger partial charge in [-0.1, -0.05) is 5.92 Å². The van der Waals surface area contributed by atoms with Gasteiger partial charge in [0.2, 0.25) is 10.4 Å². The number of rotatable bonds is 2. The zero-order chi connectivity index (χ0) is 7.33. The van der Waals surface area contributed by atoms with Gasteiger partial charge in [0.05, 0.1) is 0 Å². The van der Waals surface area contributed by atoms with Gasteiger partial charge in [0.15, 0.2) is 0 Å². The standard InChI is InChI=1S/C4H6O4S.Li/c1-2-3-4-8-9(5,6)7;/h4H2,1H3,(H,5,6,7);/q;+1/p-1. The molecule has 0 spiro atoms. The number of hydrogen-bond donors (Lipinski definition) is 0. The van der Waals surface area contributed by atoms with Crippen LogP contribution in [0.3, 0.4) is 0 Å². The Hall–Kier alpha value is 0.0274. The van der Waals surface area contributed by atoms with E-state index in [1.807, 2.05) is 0 Å². The van der Waals surface area contributed by atoms with Crippen LogP contribution in [0, 0.1) is 11.8 Å². The molecule has 0 rings (SSSR count). The maximum atomic E-state index is 9.66. The van der Waals surface area contributed by atoms with Crippen molar-refractivity contribution in [1.29, 1.82) is 0 Å². The van der Waals surface area contributed by atoms with Crippen molar-refractivity contribution < 1.29 is 36.0 Å². The summed E-state index contributed by atoms with van der Waals surface area (Å²) in [6.07, 6.45) is 0. The molecular formula is C4H5LiO4S. The van der Waals surface area contributed by atoms with Gasteiger partial charge in [0.1, 0.15) is 6.61 Å². The molecule has 6 heteroatoms. The van der Waals surface area contributed by atoms with Crippen molar-refractivity contribution in [2.45, 2.75) is 6.92 Å². The molecule has 0 aromatic heterocycles. The minimum atomic E-state index is -4.55.